The van der Waals surface area contributed by atoms with Crippen LogP contribution in [0.1, 0.15) is 16.8 Å². The number of aromatic nitrogens is 1. The van der Waals surface area contributed by atoms with Gasteiger partial charge in [0.2, 0.25) is 0 Å². The second kappa shape index (κ2) is 2.27. The normalized spacial score (nSPS) is 9.75. The molecular weight excluding hydrogens is 118 g/mol. The molecule has 0 saturated heterocycles. The Kier molecular flexibility index (Phi) is 1.63. The minimum absolute atomic E-state index is 0.918. The summed E-state index contributed by atoms with van der Waals surface area (Å²) in [6.45, 7) is 5.81. The molecule has 0 aromatic carbocycles. The summed E-state index contributed by atoms with van der Waals surface area (Å²) in [5.41, 5.74) is 0. The van der Waals surface area contributed by atoms with E-state index in [4.69, 9.17) is 0 Å². The summed E-state index contributed by atoms with van der Waals surface area (Å²) in [5.74, 6) is 0. The van der Waals surface area contributed by atoms with E-state index in [1.54, 1.807) is 11.3 Å². The van der Waals surface area contributed by atoms with Gasteiger partial charge in [-0.25, -0.2) is 4.98 Å². The molecule has 2 heteroatoms. The van der Waals surface area contributed by atoms with Gasteiger partial charge in [0.05, 0.1) is 5.01 Å². The van der Waals surface area contributed by atoms with E-state index in [0.717, 1.165) is 11.4 Å². The SMILES string of the molecule is [CH2]c1ncc(CC)s1. The number of aryl methyl sites for hydroxylation is 1. The van der Waals surface area contributed by atoms with Gasteiger partial charge in [-0.2, -0.15) is 0 Å². The van der Waals surface area contributed by atoms with Crippen LogP contribution >= 0.6 is 11.3 Å². The zero-order valence-corrected chi connectivity index (χ0v) is 5.66. The molecule has 0 saturated carbocycles. The number of hydrogen-bond donors (Lipinski definition) is 0. The molecule has 0 amide bonds. The van der Waals surface area contributed by atoms with Gasteiger partial charge in [0.25, 0.3) is 0 Å². The van der Waals surface area contributed by atoms with Crippen LogP contribution in [0, 0.1) is 6.92 Å². The maximum atomic E-state index is 3.99. The predicted molar refractivity (Wildman–Crippen MR) is 36.0 cm³/mol. The molecule has 0 aliphatic heterocycles. The van der Waals surface area contributed by atoms with Crippen molar-refractivity contribution in [1.29, 1.82) is 0 Å². The van der Waals surface area contributed by atoms with Crippen molar-refractivity contribution in [3.63, 3.8) is 0 Å². The highest BCUT2D eigenvalue weighted by atomic mass is 32.1. The van der Waals surface area contributed by atoms with Crippen molar-refractivity contribution in [2.75, 3.05) is 0 Å². The topological polar surface area (TPSA) is 12.9 Å². The van der Waals surface area contributed by atoms with Gasteiger partial charge in [0, 0.05) is 18.0 Å². The van der Waals surface area contributed by atoms with Crippen LogP contribution < -0.4 is 0 Å². The maximum absolute atomic E-state index is 3.99. The van der Waals surface area contributed by atoms with E-state index in [1.807, 2.05) is 6.20 Å². The Morgan fingerprint density at radius 3 is 2.88 bits per heavy atom. The number of nitrogens with zero attached hydrogens (tertiary/aromatic N) is 1. The molecule has 0 aliphatic rings. The van der Waals surface area contributed by atoms with Crippen molar-refractivity contribution >= 4 is 11.3 Å². The molecule has 0 N–H and O–H groups in total. The first kappa shape index (κ1) is 5.76. The fourth-order valence-corrected chi connectivity index (χ4v) is 1.17. The average Bonchev–Trinajstić information content (AvgIpc) is 2.14. The second-order valence-corrected chi connectivity index (χ2v) is 2.77. The lowest BCUT2D eigenvalue weighted by atomic mass is 10.4. The number of thiazole rings is 1. The van der Waals surface area contributed by atoms with Crippen LogP contribution in [0.2, 0.25) is 0 Å². The molecule has 1 rings (SSSR count). The summed E-state index contributed by atoms with van der Waals surface area (Å²) in [7, 11) is 0. The fourth-order valence-electron chi connectivity index (χ4n) is 0.511. The molecule has 1 heterocycles. The van der Waals surface area contributed by atoms with Crippen molar-refractivity contribution in [2.24, 2.45) is 0 Å². The lowest BCUT2D eigenvalue weighted by Gasteiger charge is -1.78. The molecule has 0 unspecified atom stereocenters. The monoisotopic (exact) mass is 126 g/mol. The molecule has 1 aromatic heterocycles. The van der Waals surface area contributed by atoms with Crippen LogP contribution in [0.15, 0.2) is 6.20 Å². The van der Waals surface area contributed by atoms with E-state index in [9.17, 15) is 0 Å². The Morgan fingerprint density at radius 2 is 2.62 bits per heavy atom. The number of hydrogen-bond acceptors (Lipinski definition) is 2. The molecule has 0 aliphatic carbocycles. The first-order valence-corrected chi connectivity index (χ1v) is 3.41. The van der Waals surface area contributed by atoms with Crippen molar-refractivity contribution in [3.05, 3.63) is 23.0 Å². The second-order valence-electron chi connectivity index (χ2n) is 1.57. The van der Waals surface area contributed by atoms with Crippen LogP contribution in [0.25, 0.3) is 0 Å². The quantitative estimate of drug-likeness (QED) is 0.560. The minimum atomic E-state index is 0.918. The molecule has 1 radical (unpaired) electrons. The maximum Gasteiger partial charge on any atom is 0.0931 e. The predicted octanol–water partition coefficient (Wildman–Crippen LogP) is 1.89. The summed E-state index contributed by atoms with van der Waals surface area (Å²) >= 11 is 1.67. The van der Waals surface area contributed by atoms with Gasteiger partial charge in [-0.3, -0.25) is 0 Å². The molecule has 0 fully saturated rings. The van der Waals surface area contributed by atoms with Crippen LogP contribution in [-0.2, 0) is 6.42 Å². The summed E-state index contributed by atoms with van der Waals surface area (Å²) in [4.78, 5) is 5.31. The average molecular weight is 126 g/mol. The van der Waals surface area contributed by atoms with E-state index in [1.165, 1.54) is 4.88 Å². The van der Waals surface area contributed by atoms with Crippen LogP contribution in [0.3, 0.4) is 0 Å². The Bertz CT molecular complexity index is 169. The Balaban J connectivity index is 2.84. The van der Waals surface area contributed by atoms with E-state index in [2.05, 4.69) is 18.8 Å². The molecule has 1 aromatic rings. The van der Waals surface area contributed by atoms with E-state index in [0.29, 0.717) is 0 Å². The zero-order chi connectivity index (χ0) is 5.98. The van der Waals surface area contributed by atoms with Crippen LogP contribution in [0.4, 0.5) is 0 Å². The Hall–Kier alpha value is -0.370. The highest BCUT2D eigenvalue weighted by Crippen LogP contribution is 2.10. The van der Waals surface area contributed by atoms with Gasteiger partial charge in [-0.1, -0.05) is 6.92 Å². The standard InChI is InChI=1S/C6H8NS/c1-3-6-4-7-5(2)8-6/h4H,2-3H2,1H3. The molecule has 0 bridgehead atoms. The molecule has 43 valence electrons. The highest BCUT2D eigenvalue weighted by Gasteiger charge is 1.91. The first-order valence-electron chi connectivity index (χ1n) is 2.59. The Morgan fingerprint density at radius 1 is 1.88 bits per heavy atom. The lowest BCUT2D eigenvalue weighted by Crippen LogP contribution is -1.64. The third-order valence-corrected chi connectivity index (χ3v) is 1.95. The van der Waals surface area contributed by atoms with Gasteiger partial charge < -0.3 is 0 Å². The molecule has 8 heavy (non-hydrogen) atoms. The van der Waals surface area contributed by atoms with E-state index < -0.39 is 0 Å². The highest BCUT2D eigenvalue weighted by molar-refractivity contribution is 7.11. The Labute approximate surface area is 53.4 Å². The zero-order valence-electron chi connectivity index (χ0n) is 4.85. The van der Waals surface area contributed by atoms with Gasteiger partial charge in [0.15, 0.2) is 0 Å². The molecule has 0 spiro atoms. The minimum Gasteiger partial charge on any atom is -0.249 e. The van der Waals surface area contributed by atoms with Gasteiger partial charge in [-0.15, -0.1) is 11.3 Å². The van der Waals surface area contributed by atoms with Gasteiger partial charge in [0.1, 0.15) is 0 Å². The fraction of sp³-hybridized carbons (Fsp3) is 0.333. The summed E-state index contributed by atoms with van der Waals surface area (Å²) < 4.78 is 0. The van der Waals surface area contributed by atoms with Crippen molar-refractivity contribution in [3.8, 4) is 0 Å². The van der Waals surface area contributed by atoms with Gasteiger partial charge in [-0.05, 0) is 6.42 Å². The first-order chi connectivity index (χ1) is 3.83. The largest absolute Gasteiger partial charge is 0.249 e. The van der Waals surface area contributed by atoms with E-state index >= 15 is 0 Å². The van der Waals surface area contributed by atoms with Crippen molar-refractivity contribution in [2.45, 2.75) is 13.3 Å². The summed E-state index contributed by atoms with van der Waals surface area (Å²) in [5, 5.41) is 0.918. The van der Waals surface area contributed by atoms with Crippen LogP contribution in [0.5, 0.6) is 0 Å². The summed E-state index contributed by atoms with van der Waals surface area (Å²) in [6.07, 6.45) is 2.96. The third kappa shape index (κ3) is 1.07. The van der Waals surface area contributed by atoms with Crippen molar-refractivity contribution in [1.82, 2.24) is 4.98 Å². The number of rotatable bonds is 1. The van der Waals surface area contributed by atoms with Crippen LogP contribution in [-0.4, -0.2) is 4.98 Å². The third-order valence-electron chi connectivity index (χ3n) is 0.950. The van der Waals surface area contributed by atoms with Gasteiger partial charge >= 0.3 is 0 Å². The lowest BCUT2D eigenvalue weighted by molar-refractivity contribution is 1.16. The summed E-state index contributed by atoms with van der Waals surface area (Å²) in [6, 6.07) is 0. The molecular formula is C6H8NS. The van der Waals surface area contributed by atoms with Crippen molar-refractivity contribution < 1.29 is 0 Å². The molecule has 1 nitrogen and oxygen atoms in total. The molecule has 0 atom stereocenters. The smallest absolute Gasteiger partial charge is 0.0931 e. The van der Waals surface area contributed by atoms with E-state index in [-0.39, 0.29) is 0 Å².